The van der Waals surface area contributed by atoms with Crippen LogP contribution in [0.2, 0.25) is 0 Å². The molecule has 2 fully saturated rings. The summed E-state index contributed by atoms with van der Waals surface area (Å²) >= 11 is 0. The summed E-state index contributed by atoms with van der Waals surface area (Å²) in [5.74, 6) is 0. The lowest BCUT2D eigenvalue weighted by Gasteiger charge is -2.40. The van der Waals surface area contributed by atoms with Crippen LogP contribution in [-0.2, 0) is 4.74 Å². The molecule has 2 aliphatic rings. The molecule has 3 rings (SSSR count). The molecule has 18 heavy (non-hydrogen) atoms. The topological polar surface area (TPSA) is 59.4 Å². The highest BCUT2D eigenvalue weighted by atomic mass is 16.5. The maximum absolute atomic E-state index is 12.0. The fraction of sp³-hybridized carbons (Fsp3) is 0.667. The van der Waals surface area contributed by atoms with Gasteiger partial charge in [0.1, 0.15) is 0 Å². The summed E-state index contributed by atoms with van der Waals surface area (Å²) in [6.07, 6.45) is 5.55. The molecule has 98 valence electrons. The first kappa shape index (κ1) is 11.5. The monoisotopic (exact) mass is 250 g/mol. The highest BCUT2D eigenvalue weighted by Gasteiger charge is 2.33. The largest absolute Gasteiger partial charge is 0.381 e. The molecule has 2 amide bonds. The van der Waals surface area contributed by atoms with Gasteiger partial charge in [0.25, 0.3) is 0 Å². The number of aromatic nitrogens is 2. The first-order chi connectivity index (χ1) is 8.83. The Morgan fingerprint density at radius 3 is 2.78 bits per heavy atom. The number of hydrogen-bond acceptors (Lipinski definition) is 3. The second kappa shape index (κ2) is 4.97. The average molecular weight is 250 g/mol. The van der Waals surface area contributed by atoms with Crippen LogP contribution in [0.1, 0.15) is 18.9 Å². The van der Waals surface area contributed by atoms with Crippen molar-refractivity contribution in [3.63, 3.8) is 0 Å². The first-order valence-electron chi connectivity index (χ1n) is 6.45. The van der Waals surface area contributed by atoms with Crippen LogP contribution in [-0.4, -0.2) is 53.1 Å². The lowest BCUT2D eigenvalue weighted by Crippen LogP contribution is -2.56. The van der Waals surface area contributed by atoms with Crippen LogP contribution in [0.15, 0.2) is 18.5 Å². The van der Waals surface area contributed by atoms with E-state index in [4.69, 9.17) is 4.74 Å². The summed E-state index contributed by atoms with van der Waals surface area (Å²) < 4.78 is 7.19. The number of rotatable bonds is 2. The zero-order valence-electron chi connectivity index (χ0n) is 10.3. The summed E-state index contributed by atoms with van der Waals surface area (Å²) in [6.45, 7) is 3.00. The van der Waals surface area contributed by atoms with Crippen LogP contribution in [0, 0.1) is 0 Å². The predicted octanol–water partition coefficient (Wildman–Crippen LogP) is 0.628. The molecular formula is C12H18N4O2. The Labute approximate surface area is 106 Å². The average Bonchev–Trinajstić information content (AvgIpc) is 2.82. The number of hydrogen-bond donors (Lipinski definition) is 1. The summed E-state index contributed by atoms with van der Waals surface area (Å²) in [4.78, 5) is 13.8. The minimum absolute atomic E-state index is 0.0466. The smallest absolute Gasteiger partial charge is 0.317 e. The maximum Gasteiger partial charge on any atom is 0.317 e. The van der Waals surface area contributed by atoms with Crippen molar-refractivity contribution in [3.8, 4) is 0 Å². The fourth-order valence-electron chi connectivity index (χ4n) is 2.39. The zero-order valence-corrected chi connectivity index (χ0v) is 10.3. The third-order valence-electron chi connectivity index (χ3n) is 3.60. The Balaban J connectivity index is 1.45. The van der Waals surface area contributed by atoms with Gasteiger partial charge in [0.15, 0.2) is 0 Å². The van der Waals surface area contributed by atoms with Crippen LogP contribution >= 0.6 is 0 Å². The molecule has 1 N–H and O–H groups in total. The molecule has 2 saturated heterocycles. The highest BCUT2D eigenvalue weighted by molar-refractivity contribution is 5.75. The first-order valence-corrected chi connectivity index (χ1v) is 6.45. The predicted molar refractivity (Wildman–Crippen MR) is 65.2 cm³/mol. The SMILES string of the molecule is O=C(NC1CCOCC1)N1CC(n2cccn2)C1. The van der Waals surface area contributed by atoms with Gasteiger partial charge in [-0.3, -0.25) is 4.68 Å². The lowest BCUT2D eigenvalue weighted by atomic mass is 10.1. The molecule has 0 unspecified atom stereocenters. The van der Waals surface area contributed by atoms with E-state index < -0.39 is 0 Å². The molecule has 0 saturated carbocycles. The third-order valence-corrected chi connectivity index (χ3v) is 3.60. The summed E-state index contributed by atoms with van der Waals surface area (Å²) in [7, 11) is 0. The molecule has 0 aliphatic carbocycles. The number of nitrogens with zero attached hydrogens (tertiary/aromatic N) is 3. The fourth-order valence-corrected chi connectivity index (χ4v) is 2.39. The number of urea groups is 1. The van der Waals surface area contributed by atoms with E-state index in [-0.39, 0.29) is 12.1 Å². The van der Waals surface area contributed by atoms with Crippen LogP contribution in [0.4, 0.5) is 4.79 Å². The van der Waals surface area contributed by atoms with Crippen molar-refractivity contribution in [2.45, 2.75) is 24.9 Å². The van der Waals surface area contributed by atoms with Crippen molar-refractivity contribution in [2.24, 2.45) is 0 Å². The van der Waals surface area contributed by atoms with E-state index in [9.17, 15) is 4.79 Å². The van der Waals surface area contributed by atoms with Gasteiger partial charge in [-0.25, -0.2) is 4.79 Å². The number of carbonyl (C=O) groups is 1. The normalized spacial score (nSPS) is 21.7. The van der Waals surface area contributed by atoms with Gasteiger partial charge >= 0.3 is 6.03 Å². The summed E-state index contributed by atoms with van der Waals surface area (Å²) in [5, 5.41) is 7.25. The number of likely N-dealkylation sites (tertiary alicyclic amines) is 1. The Kier molecular flexibility index (Phi) is 3.19. The van der Waals surface area contributed by atoms with Gasteiger partial charge in [-0.15, -0.1) is 0 Å². The van der Waals surface area contributed by atoms with E-state index in [1.165, 1.54) is 0 Å². The van der Waals surface area contributed by atoms with Gasteiger partial charge < -0.3 is 15.0 Å². The van der Waals surface area contributed by atoms with Crippen LogP contribution < -0.4 is 5.32 Å². The molecule has 1 aromatic rings. The molecule has 1 aromatic heterocycles. The van der Waals surface area contributed by atoms with E-state index in [1.54, 1.807) is 6.20 Å². The van der Waals surface area contributed by atoms with Crippen molar-refractivity contribution < 1.29 is 9.53 Å². The highest BCUT2D eigenvalue weighted by Crippen LogP contribution is 2.20. The Morgan fingerprint density at radius 2 is 2.11 bits per heavy atom. The number of nitrogens with one attached hydrogen (secondary N) is 1. The van der Waals surface area contributed by atoms with Crippen LogP contribution in [0.3, 0.4) is 0 Å². The van der Waals surface area contributed by atoms with Gasteiger partial charge in [-0.1, -0.05) is 0 Å². The van der Waals surface area contributed by atoms with Crippen molar-refractivity contribution in [1.29, 1.82) is 0 Å². The molecule has 0 bridgehead atoms. The standard InChI is InChI=1S/C12H18N4O2/c17-12(14-10-2-6-18-7-3-10)15-8-11(9-15)16-5-1-4-13-16/h1,4-5,10-11H,2-3,6-9H2,(H,14,17). The molecule has 3 heterocycles. The lowest BCUT2D eigenvalue weighted by molar-refractivity contribution is 0.0723. The number of ether oxygens (including phenoxy) is 1. The van der Waals surface area contributed by atoms with E-state index in [0.29, 0.717) is 6.04 Å². The third kappa shape index (κ3) is 2.33. The second-order valence-electron chi connectivity index (χ2n) is 4.88. The maximum atomic E-state index is 12.0. The van der Waals surface area contributed by atoms with Crippen LogP contribution in [0.25, 0.3) is 0 Å². The molecule has 0 atom stereocenters. The second-order valence-corrected chi connectivity index (χ2v) is 4.88. The Bertz CT molecular complexity index is 394. The number of carbonyl (C=O) groups excluding carboxylic acids is 1. The molecule has 2 aliphatic heterocycles. The Morgan fingerprint density at radius 1 is 1.33 bits per heavy atom. The summed E-state index contributed by atoms with van der Waals surface area (Å²) in [6, 6.07) is 2.56. The van der Waals surface area contributed by atoms with E-state index in [0.717, 1.165) is 39.1 Å². The molecule has 0 radical (unpaired) electrons. The minimum atomic E-state index is 0.0466. The van der Waals surface area contributed by atoms with Gasteiger partial charge in [0.2, 0.25) is 0 Å². The quantitative estimate of drug-likeness (QED) is 0.837. The van der Waals surface area contributed by atoms with Crippen molar-refractivity contribution in [1.82, 2.24) is 20.0 Å². The zero-order chi connectivity index (χ0) is 12.4. The molecule has 0 spiro atoms. The van der Waals surface area contributed by atoms with Crippen molar-refractivity contribution in [3.05, 3.63) is 18.5 Å². The van der Waals surface area contributed by atoms with Gasteiger partial charge in [-0.2, -0.15) is 5.10 Å². The molecular weight excluding hydrogens is 232 g/mol. The van der Waals surface area contributed by atoms with Gasteiger partial charge in [0, 0.05) is 44.7 Å². The van der Waals surface area contributed by atoms with Crippen molar-refractivity contribution in [2.75, 3.05) is 26.3 Å². The molecule has 6 nitrogen and oxygen atoms in total. The molecule has 0 aromatic carbocycles. The van der Waals surface area contributed by atoms with E-state index >= 15 is 0 Å². The number of amides is 2. The minimum Gasteiger partial charge on any atom is -0.381 e. The van der Waals surface area contributed by atoms with Gasteiger partial charge in [0.05, 0.1) is 6.04 Å². The summed E-state index contributed by atoms with van der Waals surface area (Å²) in [5.41, 5.74) is 0. The van der Waals surface area contributed by atoms with Crippen LogP contribution in [0.5, 0.6) is 0 Å². The Hall–Kier alpha value is -1.56. The molecule has 6 heteroatoms. The van der Waals surface area contributed by atoms with E-state index in [1.807, 2.05) is 21.8 Å². The van der Waals surface area contributed by atoms with Crippen molar-refractivity contribution >= 4 is 6.03 Å². The van der Waals surface area contributed by atoms with Gasteiger partial charge in [-0.05, 0) is 18.9 Å². The van der Waals surface area contributed by atoms with E-state index in [2.05, 4.69) is 10.4 Å².